The average Bonchev–Trinajstić information content (AvgIpc) is 2.22. The van der Waals surface area contributed by atoms with E-state index in [-0.39, 0.29) is 0 Å². The van der Waals surface area contributed by atoms with E-state index >= 15 is 0 Å². The molecule has 1 N–H and O–H groups in total. The van der Waals surface area contributed by atoms with Gasteiger partial charge in [-0.15, -0.1) is 6.42 Å². The van der Waals surface area contributed by atoms with Crippen molar-refractivity contribution in [3.05, 3.63) is 33.4 Å². The minimum absolute atomic E-state index is 0.896. The summed E-state index contributed by atoms with van der Waals surface area (Å²) in [4.78, 5) is 0. The first kappa shape index (κ1) is 11.3. The van der Waals surface area contributed by atoms with Crippen LogP contribution in [0.4, 0.5) is 0 Å². The van der Waals surface area contributed by atoms with Crippen molar-refractivity contribution in [3.8, 4) is 12.3 Å². The Bertz CT molecular complexity index is 465. The smallest absolute Gasteiger partial charge is 0.0739 e. The van der Waals surface area contributed by atoms with E-state index < -0.39 is 0 Å². The molecule has 0 amide bonds. The second kappa shape index (κ2) is 4.18. The van der Waals surface area contributed by atoms with E-state index in [4.69, 9.17) is 11.6 Å². The third-order valence-corrected chi connectivity index (χ3v) is 3.01. The van der Waals surface area contributed by atoms with E-state index in [1.807, 2.05) is 27.7 Å². The summed E-state index contributed by atoms with van der Waals surface area (Å²) in [5.74, 6) is 2.69. The number of hydrogen-bond donors (Lipinski definition) is 1. The minimum Gasteiger partial charge on any atom is -0.411 e. The Morgan fingerprint density at radius 1 is 1.07 bits per heavy atom. The molecule has 15 heavy (non-hydrogen) atoms. The molecule has 0 heterocycles. The molecule has 0 aliphatic carbocycles. The molecule has 0 saturated carbocycles. The van der Waals surface area contributed by atoms with E-state index in [9.17, 15) is 0 Å². The Morgan fingerprint density at radius 2 is 1.67 bits per heavy atom. The van der Waals surface area contributed by atoms with E-state index in [1.54, 1.807) is 0 Å². The number of nitrogens with zero attached hydrogens (tertiary/aromatic N) is 1. The molecule has 0 unspecified atom stereocenters. The lowest BCUT2D eigenvalue weighted by Crippen LogP contribution is -2.02. The molecular formula is C13H15NO. The number of rotatable bonds is 1. The highest BCUT2D eigenvalue weighted by molar-refractivity contribution is 5.85. The van der Waals surface area contributed by atoms with Crippen molar-refractivity contribution in [3.63, 3.8) is 0 Å². The van der Waals surface area contributed by atoms with Gasteiger partial charge in [0, 0.05) is 11.1 Å². The van der Waals surface area contributed by atoms with Crippen LogP contribution in [0.3, 0.4) is 0 Å². The lowest BCUT2D eigenvalue weighted by Gasteiger charge is -2.14. The summed E-state index contributed by atoms with van der Waals surface area (Å²) >= 11 is 0. The van der Waals surface area contributed by atoms with Crippen LogP contribution in [-0.4, -0.2) is 11.4 Å². The van der Waals surface area contributed by atoms with Crippen molar-refractivity contribution in [2.45, 2.75) is 27.7 Å². The van der Waals surface area contributed by atoms with Crippen molar-refractivity contribution < 1.29 is 5.21 Å². The van der Waals surface area contributed by atoms with Gasteiger partial charge in [0.2, 0.25) is 0 Å². The topological polar surface area (TPSA) is 32.6 Å². The van der Waals surface area contributed by atoms with Crippen LogP contribution in [0.2, 0.25) is 0 Å². The standard InChI is InChI=1S/C13H15NO/c1-6-12-9(3)8(2)10(4)13(7-14-15)11(12)5/h1,7,15H,2-5H3. The summed E-state index contributed by atoms with van der Waals surface area (Å²) in [7, 11) is 0. The molecule has 1 aromatic rings. The van der Waals surface area contributed by atoms with Crippen LogP contribution >= 0.6 is 0 Å². The quantitative estimate of drug-likeness (QED) is 0.322. The summed E-state index contributed by atoms with van der Waals surface area (Å²) in [6, 6.07) is 0. The van der Waals surface area contributed by atoms with Crippen LogP contribution in [0.25, 0.3) is 0 Å². The van der Waals surface area contributed by atoms with Gasteiger partial charge in [-0.05, 0) is 49.9 Å². The summed E-state index contributed by atoms with van der Waals surface area (Å²) in [6.07, 6.45) is 6.92. The predicted molar refractivity (Wildman–Crippen MR) is 62.7 cm³/mol. The average molecular weight is 201 g/mol. The lowest BCUT2D eigenvalue weighted by atomic mass is 9.90. The highest BCUT2D eigenvalue weighted by Gasteiger charge is 2.11. The van der Waals surface area contributed by atoms with Gasteiger partial charge < -0.3 is 5.21 Å². The Hall–Kier alpha value is -1.75. The zero-order valence-electron chi connectivity index (χ0n) is 9.55. The maximum absolute atomic E-state index is 8.61. The lowest BCUT2D eigenvalue weighted by molar-refractivity contribution is 0.322. The van der Waals surface area contributed by atoms with Gasteiger partial charge in [0.05, 0.1) is 6.21 Å². The van der Waals surface area contributed by atoms with Crippen LogP contribution in [0, 0.1) is 40.0 Å². The predicted octanol–water partition coefficient (Wildman–Crippen LogP) is 2.71. The molecule has 78 valence electrons. The van der Waals surface area contributed by atoms with E-state index in [0.717, 1.165) is 33.4 Å². The Balaban J connectivity index is 3.70. The van der Waals surface area contributed by atoms with Gasteiger partial charge in [0.1, 0.15) is 0 Å². The molecule has 0 spiro atoms. The van der Waals surface area contributed by atoms with Gasteiger partial charge in [0.25, 0.3) is 0 Å². The fourth-order valence-corrected chi connectivity index (χ4v) is 1.84. The zero-order chi connectivity index (χ0) is 11.6. The van der Waals surface area contributed by atoms with E-state index in [2.05, 4.69) is 11.1 Å². The summed E-state index contributed by atoms with van der Waals surface area (Å²) in [5.41, 5.74) is 6.20. The first-order chi connectivity index (χ1) is 7.04. The second-order valence-corrected chi connectivity index (χ2v) is 3.68. The number of hydrogen-bond acceptors (Lipinski definition) is 2. The zero-order valence-corrected chi connectivity index (χ0v) is 9.55. The fourth-order valence-electron chi connectivity index (χ4n) is 1.84. The second-order valence-electron chi connectivity index (χ2n) is 3.68. The van der Waals surface area contributed by atoms with Gasteiger partial charge in [-0.1, -0.05) is 11.1 Å². The van der Waals surface area contributed by atoms with Crippen molar-refractivity contribution in [2.24, 2.45) is 5.16 Å². The van der Waals surface area contributed by atoms with Gasteiger partial charge in [-0.25, -0.2) is 0 Å². The van der Waals surface area contributed by atoms with E-state index in [1.165, 1.54) is 6.21 Å². The molecule has 0 fully saturated rings. The largest absolute Gasteiger partial charge is 0.411 e. The molecule has 0 aliphatic rings. The Kier molecular flexibility index (Phi) is 3.16. The molecule has 0 bridgehead atoms. The molecule has 0 saturated heterocycles. The van der Waals surface area contributed by atoms with Crippen molar-refractivity contribution in [1.29, 1.82) is 0 Å². The van der Waals surface area contributed by atoms with Crippen molar-refractivity contribution in [2.75, 3.05) is 0 Å². The molecule has 2 nitrogen and oxygen atoms in total. The van der Waals surface area contributed by atoms with Crippen LogP contribution in [0.15, 0.2) is 5.16 Å². The first-order valence-electron chi connectivity index (χ1n) is 4.79. The van der Waals surface area contributed by atoms with Crippen LogP contribution in [0.5, 0.6) is 0 Å². The van der Waals surface area contributed by atoms with Gasteiger partial charge >= 0.3 is 0 Å². The normalized spacial score (nSPS) is 10.6. The summed E-state index contributed by atoms with van der Waals surface area (Å²) in [5, 5.41) is 11.7. The van der Waals surface area contributed by atoms with Crippen LogP contribution < -0.4 is 0 Å². The summed E-state index contributed by atoms with van der Waals surface area (Å²) in [6.45, 7) is 8.00. The van der Waals surface area contributed by atoms with Crippen LogP contribution in [0.1, 0.15) is 33.4 Å². The fraction of sp³-hybridized carbons (Fsp3) is 0.308. The monoisotopic (exact) mass is 201 g/mol. The molecule has 0 radical (unpaired) electrons. The first-order valence-corrected chi connectivity index (χ1v) is 4.79. The molecule has 2 heteroatoms. The number of oxime groups is 1. The highest BCUT2D eigenvalue weighted by atomic mass is 16.4. The summed E-state index contributed by atoms with van der Waals surface area (Å²) < 4.78 is 0. The molecular weight excluding hydrogens is 186 g/mol. The minimum atomic E-state index is 0.896. The van der Waals surface area contributed by atoms with Gasteiger partial charge in [-0.2, -0.15) is 0 Å². The molecule has 0 atom stereocenters. The van der Waals surface area contributed by atoms with Crippen molar-refractivity contribution >= 4 is 6.21 Å². The van der Waals surface area contributed by atoms with E-state index in [0.29, 0.717) is 0 Å². The Morgan fingerprint density at radius 3 is 2.13 bits per heavy atom. The van der Waals surface area contributed by atoms with Crippen molar-refractivity contribution in [1.82, 2.24) is 0 Å². The third kappa shape index (κ3) is 1.73. The SMILES string of the molecule is C#Cc1c(C)c(C)c(C)c(C=NO)c1C. The Labute approximate surface area is 90.6 Å². The highest BCUT2D eigenvalue weighted by Crippen LogP contribution is 2.24. The van der Waals surface area contributed by atoms with Gasteiger partial charge in [-0.3, -0.25) is 0 Å². The molecule has 0 aromatic heterocycles. The molecule has 1 aromatic carbocycles. The third-order valence-electron chi connectivity index (χ3n) is 3.01. The number of benzene rings is 1. The maximum atomic E-state index is 8.61. The number of terminal acetylenes is 1. The van der Waals surface area contributed by atoms with Gasteiger partial charge in [0.15, 0.2) is 0 Å². The van der Waals surface area contributed by atoms with Crippen LogP contribution in [-0.2, 0) is 0 Å². The molecule has 0 aliphatic heterocycles. The maximum Gasteiger partial charge on any atom is 0.0739 e. The molecule has 1 rings (SSSR count).